The van der Waals surface area contributed by atoms with E-state index in [9.17, 15) is 4.79 Å². The number of Topliss-reactive ketones (excluding diaryl/α,β-unsaturated/α-hetero) is 1. The maximum atomic E-state index is 12.8. The molecular formula is C17H21N5O. The molecule has 1 fully saturated rings. The number of likely N-dealkylation sites (N-methyl/N-ethyl adjacent to an activating group) is 1. The van der Waals surface area contributed by atoms with Crippen molar-refractivity contribution < 1.29 is 4.79 Å². The van der Waals surface area contributed by atoms with Gasteiger partial charge in [-0.05, 0) is 18.7 Å². The molecule has 0 saturated carbocycles. The van der Waals surface area contributed by atoms with Crippen molar-refractivity contribution in [1.29, 1.82) is 0 Å². The normalized spacial score (nSPS) is 19.9. The first kappa shape index (κ1) is 15.4. The Morgan fingerprint density at radius 2 is 1.48 bits per heavy atom. The number of aryl methyl sites for hydroxylation is 2. The summed E-state index contributed by atoms with van der Waals surface area (Å²) in [6.45, 7) is 4.37. The smallest absolute Gasteiger partial charge is 0.187 e. The third-order valence-electron chi connectivity index (χ3n) is 3.95. The number of carbonyl (C=O) groups is 1. The lowest BCUT2D eigenvalue weighted by atomic mass is 9.95. The Kier molecular flexibility index (Phi) is 4.25. The third-order valence-corrected chi connectivity index (χ3v) is 3.95. The predicted molar refractivity (Wildman–Crippen MR) is 89.5 cm³/mol. The van der Waals surface area contributed by atoms with E-state index in [1.807, 2.05) is 38.6 Å². The van der Waals surface area contributed by atoms with Crippen LogP contribution in [0.25, 0.3) is 12.2 Å². The van der Waals surface area contributed by atoms with Gasteiger partial charge in [-0.25, -0.2) is 0 Å². The van der Waals surface area contributed by atoms with Gasteiger partial charge in [0, 0.05) is 61.9 Å². The minimum atomic E-state index is 0.113. The Morgan fingerprint density at radius 1 is 1.00 bits per heavy atom. The summed E-state index contributed by atoms with van der Waals surface area (Å²) in [5.74, 6) is 0.113. The van der Waals surface area contributed by atoms with Crippen molar-refractivity contribution in [3.8, 4) is 0 Å². The van der Waals surface area contributed by atoms with Gasteiger partial charge in [-0.1, -0.05) is 6.92 Å². The minimum absolute atomic E-state index is 0.113. The average molecular weight is 311 g/mol. The van der Waals surface area contributed by atoms with Gasteiger partial charge in [-0.2, -0.15) is 10.2 Å². The summed E-state index contributed by atoms with van der Waals surface area (Å²) >= 11 is 0. The number of carbonyl (C=O) groups excluding carboxylic acids is 1. The highest BCUT2D eigenvalue weighted by atomic mass is 16.1. The molecule has 2 aromatic heterocycles. The summed E-state index contributed by atoms with van der Waals surface area (Å²) in [6, 6.07) is 0. The Morgan fingerprint density at radius 3 is 1.83 bits per heavy atom. The van der Waals surface area contributed by atoms with Gasteiger partial charge in [0.15, 0.2) is 5.78 Å². The molecule has 0 unspecified atom stereocenters. The quantitative estimate of drug-likeness (QED) is 0.807. The van der Waals surface area contributed by atoms with Crippen molar-refractivity contribution in [1.82, 2.24) is 24.5 Å². The van der Waals surface area contributed by atoms with Crippen LogP contribution in [-0.4, -0.2) is 49.9 Å². The van der Waals surface area contributed by atoms with E-state index in [2.05, 4.69) is 22.0 Å². The van der Waals surface area contributed by atoms with Crippen LogP contribution in [0.2, 0.25) is 0 Å². The molecule has 2 aromatic rings. The molecule has 3 rings (SSSR count). The van der Waals surface area contributed by atoms with Crippen LogP contribution in [0.1, 0.15) is 18.1 Å². The van der Waals surface area contributed by atoms with Crippen LogP contribution >= 0.6 is 0 Å². The van der Waals surface area contributed by atoms with E-state index in [1.54, 1.807) is 21.8 Å². The van der Waals surface area contributed by atoms with Gasteiger partial charge in [0.1, 0.15) is 0 Å². The molecule has 0 radical (unpaired) electrons. The summed E-state index contributed by atoms with van der Waals surface area (Å²) in [5.41, 5.74) is 3.52. The van der Waals surface area contributed by atoms with Crippen molar-refractivity contribution in [2.45, 2.75) is 6.92 Å². The maximum absolute atomic E-state index is 12.8. The Balaban J connectivity index is 1.93. The molecule has 0 atom stereocenters. The lowest BCUT2D eigenvalue weighted by molar-refractivity contribution is -0.113. The van der Waals surface area contributed by atoms with Crippen LogP contribution in [-0.2, 0) is 18.9 Å². The summed E-state index contributed by atoms with van der Waals surface area (Å²) in [7, 11) is 3.74. The number of aromatic nitrogens is 4. The third kappa shape index (κ3) is 3.48. The van der Waals surface area contributed by atoms with E-state index in [1.165, 1.54) is 0 Å². The molecule has 0 amide bonds. The van der Waals surface area contributed by atoms with Crippen LogP contribution in [0.4, 0.5) is 0 Å². The van der Waals surface area contributed by atoms with Crippen molar-refractivity contribution in [3.05, 3.63) is 47.1 Å². The fraction of sp³-hybridized carbons (Fsp3) is 0.353. The fourth-order valence-corrected chi connectivity index (χ4v) is 2.77. The van der Waals surface area contributed by atoms with E-state index in [0.717, 1.165) is 28.8 Å². The molecule has 1 saturated heterocycles. The summed E-state index contributed by atoms with van der Waals surface area (Å²) < 4.78 is 3.48. The predicted octanol–water partition coefficient (Wildman–Crippen LogP) is 1.53. The van der Waals surface area contributed by atoms with Crippen LogP contribution in [0.5, 0.6) is 0 Å². The van der Waals surface area contributed by atoms with Crippen molar-refractivity contribution in [2.24, 2.45) is 14.1 Å². The molecule has 3 heterocycles. The standard InChI is InChI=1S/C17H21N5O/c1-4-22-11-15(5-13-7-18-20(2)9-13)17(23)16(12-22)6-14-8-19-21(3)10-14/h5-10H,4,11-12H2,1-3H3/b15-5-,16-6+. The molecule has 0 spiro atoms. The highest BCUT2D eigenvalue weighted by Gasteiger charge is 2.25. The Labute approximate surface area is 135 Å². The summed E-state index contributed by atoms with van der Waals surface area (Å²) in [4.78, 5) is 15.0. The number of rotatable bonds is 3. The molecule has 120 valence electrons. The number of hydrogen-bond donors (Lipinski definition) is 0. The maximum Gasteiger partial charge on any atom is 0.187 e. The minimum Gasteiger partial charge on any atom is -0.295 e. The van der Waals surface area contributed by atoms with Crippen LogP contribution in [0.3, 0.4) is 0 Å². The summed E-state index contributed by atoms with van der Waals surface area (Å²) in [5, 5.41) is 8.31. The topological polar surface area (TPSA) is 56.0 Å². The molecule has 23 heavy (non-hydrogen) atoms. The Bertz CT molecular complexity index is 718. The monoisotopic (exact) mass is 311 g/mol. The number of nitrogens with zero attached hydrogens (tertiary/aromatic N) is 5. The summed E-state index contributed by atoms with van der Waals surface area (Å²) in [6.07, 6.45) is 11.2. The van der Waals surface area contributed by atoms with Crippen molar-refractivity contribution in [3.63, 3.8) is 0 Å². The van der Waals surface area contributed by atoms with Gasteiger partial charge in [0.05, 0.1) is 12.4 Å². The number of ketones is 1. The van der Waals surface area contributed by atoms with Gasteiger partial charge in [0.25, 0.3) is 0 Å². The van der Waals surface area contributed by atoms with E-state index in [0.29, 0.717) is 13.1 Å². The van der Waals surface area contributed by atoms with Crippen LogP contribution < -0.4 is 0 Å². The first-order chi connectivity index (χ1) is 11.0. The van der Waals surface area contributed by atoms with Gasteiger partial charge >= 0.3 is 0 Å². The molecule has 0 bridgehead atoms. The number of piperidine rings is 1. The zero-order chi connectivity index (χ0) is 16.4. The average Bonchev–Trinajstić information content (AvgIpc) is 3.11. The molecule has 0 N–H and O–H groups in total. The van der Waals surface area contributed by atoms with E-state index >= 15 is 0 Å². The lowest BCUT2D eigenvalue weighted by Gasteiger charge is -2.28. The van der Waals surface area contributed by atoms with E-state index in [4.69, 9.17) is 0 Å². The molecule has 1 aliphatic rings. The Hall–Kier alpha value is -2.47. The molecule has 6 heteroatoms. The number of likely N-dealkylation sites (tertiary alicyclic amines) is 1. The molecule has 6 nitrogen and oxygen atoms in total. The number of hydrogen-bond acceptors (Lipinski definition) is 4. The van der Waals surface area contributed by atoms with E-state index in [-0.39, 0.29) is 5.78 Å². The second-order valence-electron chi connectivity index (χ2n) is 5.87. The fourth-order valence-electron chi connectivity index (χ4n) is 2.77. The van der Waals surface area contributed by atoms with Gasteiger partial charge in [0.2, 0.25) is 0 Å². The first-order valence-electron chi connectivity index (χ1n) is 7.70. The molecule has 0 aliphatic carbocycles. The highest BCUT2D eigenvalue weighted by molar-refractivity contribution is 6.14. The van der Waals surface area contributed by atoms with Gasteiger partial charge in [-0.15, -0.1) is 0 Å². The lowest BCUT2D eigenvalue weighted by Crippen LogP contribution is -2.37. The molecular weight excluding hydrogens is 290 g/mol. The van der Waals surface area contributed by atoms with Crippen LogP contribution in [0, 0.1) is 0 Å². The SMILES string of the molecule is CCN1C/C(=C/c2cnn(C)c2)C(=O)/C(=C/c2cnn(C)c2)C1. The zero-order valence-corrected chi connectivity index (χ0v) is 13.7. The van der Waals surface area contributed by atoms with Crippen LogP contribution in [0.15, 0.2) is 35.9 Å². The molecule has 1 aliphatic heterocycles. The largest absolute Gasteiger partial charge is 0.295 e. The second-order valence-corrected chi connectivity index (χ2v) is 5.87. The first-order valence-corrected chi connectivity index (χ1v) is 7.70. The van der Waals surface area contributed by atoms with Gasteiger partial charge in [-0.3, -0.25) is 19.1 Å². The van der Waals surface area contributed by atoms with Crippen molar-refractivity contribution in [2.75, 3.05) is 19.6 Å². The van der Waals surface area contributed by atoms with E-state index < -0.39 is 0 Å². The second kappa shape index (κ2) is 6.34. The molecule has 0 aromatic carbocycles. The highest BCUT2D eigenvalue weighted by Crippen LogP contribution is 2.21. The van der Waals surface area contributed by atoms with Crippen molar-refractivity contribution >= 4 is 17.9 Å². The van der Waals surface area contributed by atoms with Gasteiger partial charge < -0.3 is 0 Å². The zero-order valence-electron chi connectivity index (χ0n) is 13.7.